The standard InChI is InChI=1S/C17H24N2S/c1-6-19(7-2)14-10-8-13(9-11-14)15-12-18-16(20-15)17(3,4)5/h8-12H,6-7H2,1-5H3. The zero-order valence-electron chi connectivity index (χ0n) is 13.1. The zero-order chi connectivity index (χ0) is 14.8. The van der Waals surface area contributed by atoms with Crippen LogP contribution in [0.15, 0.2) is 30.5 Å². The van der Waals surface area contributed by atoms with E-state index in [-0.39, 0.29) is 5.41 Å². The first-order valence-corrected chi connectivity index (χ1v) is 8.09. The van der Waals surface area contributed by atoms with E-state index >= 15 is 0 Å². The van der Waals surface area contributed by atoms with Crippen LogP contribution in [0.5, 0.6) is 0 Å². The fraction of sp³-hybridized carbons (Fsp3) is 0.471. The van der Waals surface area contributed by atoms with Crippen molar-refractivity contribution in [3.8, 4) is 10.4 Å². The van der Waals surface area contributed by atoms with Gasteiger partial charge in [-0.2, -0.15) is 0 Å². The van der Waals surface area contributed by atoms with Gasteiger partial charge < -0.3 is 4.90 Å². The van der Waals surface area contributed by atoms with Crippen molar-refractivity contribution in [2.45, 2.75) is 40.0 Å². The summed E-state index contributed by atoms with van der Waals surface area (Å²) >= 11 is 1.79. The van der Waals surface area contributed by atoms with Gasteiger partial charge in [0, 0.05) is 30.4 Å². The second-order valence-electron chi connectivity index (χ2n) is 6.00. The van der Waals surface area contributed by atoms with E-state index in [1.807, 2.05) is 6.20 Å². The zero-order valence-corrected chi connectivity index (χ0v) is 13.9. The summed E-state index contributed by atoms with van der Waals surface area (Å²) in [5.41, 5.74) is 2.68. The third-order valence-electron chi connectivity index (χ3n) is 3.43. The second-order valence-corrected chi connectivity index (χ2v) is 7.03. The maximum Gasteiger partial charge on any atom is 0.0984 e. The van der Waals surface area contributed by atoms with Gasteiger partial charge in [0.2, 0.25) is 0 Å². The molecule has 1 heterocycles. The molecule has 0 N–H and O–H groups in total. The lowest BCUT2D eigenvalue weighted by Gasteiger charge is -2.21. The van der Waals surface area contributed by atoms with Crippen molar-refractivity contribution < 1.29 is 0 Å². The number of nitrogens with zero attached hydrogens (tertiary/aromatic N) is 2. The molecular formula is C17H24N2S. The van der Waals surface area contributed by atoms with Gasteiger partial charge in [-0.05, 0) is 31.5 Å². The van der Waals surface area contributed by atoms with Gasteiger partial charge in [-0.15, -0.1) is 11.3 Å². The fourth-order valence-corrected chi connectivity index (χ4v) is 3.16. The Labute approximate surface area is 126 Å². The Bertz CT molecular complexity index is 545. The minimum atomic E-state index is 0.129. The van der Waals surface area contributed by atoms with Gasteiger partial charge in [0.05, 0.1) is 9.88 Å². The number of hydrogen-bond donors (Lipinski definition) is 0. The molecule has 20 heavy (non-hydrogen) atoms. The average molecular weight is 288 g/mol. The van der Waals surface area contributed by atoms with Crippen LogP contribution in [0.25, 0.3) is 10.4 Å². The maximum absolute atomic E-state index is 4.56. The van der Waals surface area contributed by atoms with Crippen molar-refractivity contribution in [3.05, 3.63) is 35.5 Å². The highest BCUT2D eigenvalue weighted by Gasteiger charge is 2.18. The molecule has 0 aliphatic rings. The summed E-state index contributed by atoms with van der Waals surface area (Å²) < 4.78 is 0. The fourth-order valence-electron chi connectivity index (χ4n) is 2.18. The molecule has 0 spiro atoms. The molecule has 0 saturated heterocycles. The number of aromatic nitrogens is 1. The monoisotopic (exact) mass is 288 g/mol. The molecule has 0 atom stereocenters. The molecule has 2 aromatic rings. The average Bonchev–Trinajstić information content (AvgIpc) is 2.90. The molecule has 0 saturated carbocycles. The highest BCUT2D eigenvalue weighted by molar-refractivity contribution is 7.15. The van der Waals surface area contributed by atoms with Crippen molar-refractivity contribution in [2.75, 3.05) is 18.0 Å². The van der Waals surface area contributed by atoms with Crippen LogP contribution in [0.4, 0.5) is 5.69 Å². The van der Waals surface area contributed by atoms with Crippen LogP contribution in [-0.2, 0) is 5.41 Å². The van der Waals surface area contributed by atoms with E-state index < -0.39 is 0 Å². The van der Waals surface area contributed by atoms with Crippen molar-refractivity contribution >= 4 is 17.0 Å². The topological polar surface area (TPSA) is 16.1 Å². The number of anilines is 1. The van der Waals surface area contributed by atoms with Gasteiger partial charge in [0.15, 0.2) is 0 Å². The normalized spacial score (nSPS) is 11.7. The summed E-state index contributed by atoms with van der Waals surface area (Å²) in [4.78, 5) is 8.17. The third-order valence-corrected chi connectivity index (χ3v) is 4.90. The van der Waals surface area contributed by atoms with Crippen LogP contribution in [0.1, 0.15) is 39.6 Å². The van der Waals surface area contributed by atoms with Crippen LogP contribution >= 0.6 is 11.3 Å². The molecule has 108 valence electrons. The van der Waals surface area contributed by atoms with Crippen molar-refractivity contribution in [1.82, 2.24) is 4.98 Å². The van der Waals surface area contributed by atoms with Gasteiger partial charge in [-0.25, -0.2) is 4.98 Å². The quantitative estimate of drug-likeness (QED) is 0.791. The Hall–Kier alpha value is -1.35. The number of thiazole rings is 1. The largest absolute Gasteiger partial charge is 0.372 e. The van der Waals surface area contributed by atoms with E-state index in [9.17, 15) is 0 Å². The second kappa shape index (κ2) is 5.96. The highest BCUT2D eigenvalue weighted by Crippen LogP contribution is 2.33. The Kier molecular flexibility index (Phi) is 4.48. The molecule has 1 aromatic heterocycles. The molecule has 0 amide bonds. The first-order valence-electron chi connectivity index (χ1n) is 7.27. The molecular weight excluding hydrogens is 264 g/mol. The lowest BCUT2D eigenvalue weighted by molar-refractivity contribution is 0.585. The van der Waals surface area contributed by atoms with Crippen LogP contribution in [0.2, 0.25) is 0 Å². The van der Waals surface area contributed by atoms with Gasteiger partial charge in [0.1, 0.15) is 0 Å². The molecule has 0 aliphatic heterocycles. The number of rotatable bonds is 4. The Morgan fingerprint density at radius 1 is 1.05 bits per heavy atom. The highest BCUT2D eigenvalue weighted by atomic mass is 32.1. The summed E-state index contributed by atoms with van der Waals surface area (Å²) in [5.74, 6) is 0. The smallest absolute Gasteiger partial charge is 0.0984 e. The lowest BCUT2D eigenvalue weighted by atomic mass is 9.98. The van der Waals surface area contributed by atoms with E-state index in [2.05, 4.69) is 68.8 Å². The van der Waals surface area contributed by atoms with E-state index in [1.54, 1.807) is 11.3 Å². The number of hydrogen-bond acceptors (Lipinski definition) is 3. The van der Waals surface area contributed by atoms with E-state index in [4.69, 9.17) is 0 Å². The van der Waals surface area contributed by atoms with Crippen molar-refractivity contribution in [3.63, 3.8) is 0 Å². The molecule has 0 radical (unpaired) electrons. The minimum Gasteiger partial charge on any atom is -0.372 e. The van der Waals surface area contributed by atoms with Crippen LogP contribution in [0, 0.1) is 0 Å². The summed E-state index contributed by atoms with van der Waals surface area (Å²) in [6.07, 6.45) is 2.00. The van der Waals surface area contributed by atoms with Gasteiger partial charge in [0.25, 0.3) is 0 Å². The van der Waals surface area contributed by atoms with Gasteiger partial charge in [-0.3, -0.25) is 0 Å². The maximum atomic E-state index is 4.56. The molecule has 1 aromatic carbocycles. The van der Waals surface area contributed by atoms with Crippen LogP contribution < -0.4 is 4.90 Å². The number of benzene rings is 1. The first-order chi connectivity index (χ1) is 9.45. The van der Waals surface area contributed by atoms with E-state index in [0.717, 1.165) is 13.1 Å². The molecule has 0 fully saturated rings. The summed E-state index contributed by atoms with van der Waals surface area (Å²) in [6, 6.07) is 8.82. The SMILES string of the molecule is CCN(CC)c1ccc(-c2cnc(C(C)(C)C)s2)cc1. The Morgan fingerprint density at radius 3 is 2.10 bits per heavy atom. The molecule has 2 nitrogen and oxygen atoms in total. The first kappa shape index (κ1) is 15.0. The lowest BCUT2D eigenvalue weighted by Crippen LogP contribution is -2.21. The summed E-state index contributed by atoms with van der Waals surface area (Å²) in [5, 5.41) is 1.19. The predicted octanol–water partition coefficient (Wildman–Crippen LogP) is 4.95. The van der Waals surface area contributed by atoms with Crippen LogP contribution in [-0.4, -0.2) is 18.1 Å². The Balaban J connectivity index is 2.24. The molecule has 2 rings (SSSR count). The van der Waals surface area contributed by atoms with Gasteiger partial charge >= 0.3 is 0 Å². The van der Waals surface area contributed by atoms with Gasteiger partial charge in [-0.1, -0.05) is 32.9 Å². The van der Waals surface area contributed by atoms with Crippen molar-refractivity contribution in [1.29, 1.82) is 0 Å². The third kappa shape index (κ3) is 3.21. The molecule has 0 unspecified atom stereocenters. The van der Waals surface area contributed by atoms with E-state index in [1.165, 1.54) is 21.1 Å². The Morgan fingerprint density at radius 2 is 1.65 bits per heavy atom. The molecule has 3 heteroatoms. The summed E-state index contributed by atoms with van der Waals surface area (Å²) in [7, 11) is 0. The minimum absolute atomic E-state index is 0.129. The van der Waals surface area contributed by atoms with Crippen molar-refractivity contribution in [2.24, 2.45) is 0 Å². The van der Waals surface area contributed by atoms with E-state index in [0.29, 0.717) is 0 Å². The molecule has 0 aliphatic carbocycles. The predicted molar refractivity (Wildman–Crippen MR) is 89.8 cm³/mol. The summed E-state index contributed by atoms with van der Waals surface area (Å²) in [6.45, 7) is 13.1. The molecule has 0 bridgehead atoms. The van der Waals surface area contributed by atoms with Crippen LogP contribution in [0.3, 0.4) is 0 Å².